The first kappa shape index (κ1) is 7.87. The monoisotopic (exact) mass is 164 g/mol. The average Bonchev–Trinajstić information content (AvgIpc) is 2.60. The van der Waals surface area contributed by atoms with Crippen LogP contribution in [-0.2, 0) is 6.42 Å². The Hall–Kier alpha value is -0.760. The summed E-state index contributed by atoms with van der Waals surface area (Å²) >= 11 is 0. The molecule has 1 heterocycles. The molecule has 0 saturated heterocycles. The molecule has 0 aliphatic heterocycles. The molecule has 0 radical (unpaired) electrons. The normalized spacial score (nSPS) is 19.5. The van der Waals surface area contributed by atoms with E-state index in [4.69, 9.17) is 5.73 Å². The lowest BCUT2D eigenvalue weighted by Crippen LogP contribution is -2.22. The van der Waals surface area contributed by atoms with E-state index in [0.717, 1.165) is 12.8 Å². The number of nitrogens with two attached hydrogens (primary N) is 1. The third-order valence-electron chi connectivity index (χ3n) is 2.68. The highest BCUT2D eigenvalue weighted by Gasteiger charge is 2.37. The molecule has 1 aromatic rings. The lowest BCUT2D eigenvalue weighted by molar-refractivity contribution is 0.604. The van der Waals surface area contributed by atoms with Crippen LogP contribution in [0.4, 0.5) is 0 Å². The van der Waals surface area contributed by atoms with Gasteiger partial charge in [0.1, 0.15) is 0 Å². The van der Waals surface area contributed by atoms with Gasteiger partial charge >= 0.3 is 0 Å². The Morgan fingerprint density at radius 3 is 2.75 bits per heavy atom. The molecular formula is C10H16N2. The Labute approximate surface area is 73.2 Å². The highest BCUT2D eigenvalue weighted by Crippen LogP contribution is 2.36. The first-order valence-electron chi connectivity index (χ1n) is 4.61. The second-order valence-corrected chi connectivity index (χ2v) is 4.03. The molecule has 2 heteroatoms. The van der Waals surface area contributed by atoms with Gasteiger partial charge in [0, 0.05) is 16.9 Å². The summed E-state index contributed by atoms with van der Waals surface area (Å²) in [5, 5.41) is 0. The van der Waals surface area contributed by atoms with E-state index >= 15 is 0 Å². The fraction of sp³-hybridized carbons (Fsp3) is 0.600. The van der Waals surface area contributed by atoms with Crippen LogP contribution >= 0.6 is 0 Å². The van der Waals surface area contributed by atoms with Gasteiger partial charge < -0.3 is 10.7 Å². The summed E-state index contributed by atoms with van der Waals surface area (Å²) in [5.74, 6) is 0. The minimum Gasteiger partial charge on any atom is -0.362 e. The van der Waals surface area contributed by atoms with Gasteiger partial charge in [0.05, 0.1) is 0 Å². The molecule has 1 saturated carbocycles. The fourth-order valence-corrected chi connectivity index (χ4v) is 1.50. The number of rotatable bonds is 3. The fourth-order valence-electron chi connectivity index (χ4n) is 1.50. The van der Waals surface area contributed by atoms with Crippen molar-refractivity contribution in [1.82, 2.24) is 4.98 Å². The Morgan fingerprint density at radius 1 is 1.50 bits per heavy atom. The van der Waals surface area contributed by atoms with Crippen LogP contribution in [-0.4, -0.2) is 10.5 Å². The van der Waals surface area contributed by atoms with Crippen LogP contribution in [0, 0.1) is 6.92 Å². The van der Waals surface area contributed by atoms with E-state index in [1.165, 1.54) is 24.2 Å². The van der Waals surface area contributed by atoms with Gasteiger partial charge in [-0.15, -0.1) is 0 Å². The molecule has 2 nitrogen and oxygen atoms in total. The van der Waals surface area contributed by atoms with E-state index < -0.39 is 0 Å². The maximum atomic E-state index is 5.99. The maximum Gasteiger partial charge on any atom is 0.0159 e. The smallest absolute Gasteiger partial charge is 0.0159 e. The molecule has 1 aliphatic rings. The van der Waals surface area contributed by atoms with Gasteiger partial charge in [-0.3, -0.25) is 0 Å². The van der Waals surface area contributed by atoms with Gasteiger partial charge in [-0.05, 0) is 44.7 Å². The van der Waals surface area contributed by atoms with Crippen molar-refractivity contribution >= 4 is 0 Å². The molecule has 2 rings (SSSR count). The minimum absolute atomic E-state index is 0.193. The van der Waals surface area contributed by atoms with E-state index in [0.29, 0.717) is 0 Å². The van der Waals surface area contributed by atoms with Crippen molar-refractivity contribution in [3.05, 3.63) is 23.5 Å². The van der Waals surface area contributed by atoms with Crippen molar-refractivity contribution in [2.24, 2.45) is 5.73 Å². The summed E-state index contributed by atoms with van der Waals surface area (Å²) < 4.78 is 0. The van der Waals surface area contributed by atoms with Crippen LogP contribution in [0.3, 0.4) is 0 Å². The van der Waals surface area contributed by atoms with E-state index in [1.807, 2.05) is 0 Å². The number of hydrogen-bond donors (Lipinski definition) is 2. The van der Waals surface area contributed by atoms with Crippen molar-refractivity contribution in [2.45, 2.75) is 38.1 Å². The number of aromatic nitrogens is 1. The highest BCUT2D eigenvalue weighted by atomic mass is 14.8. The van der Waals surface area contributed by atoms with Gasteiger partial charge in [0.2, 0.25) is 0 Å². The van der Waals surface area contributed by atoms with Crippen molar-refractivity contribution in [1.29, 1.82) is 0 Å². The standard InChI is InChI=1S/C10H16N2/c1-8-2-3-9(12-8)4-5-10(11)6-7-10/h2-3,12H,4-7,11H2,1H3. The van der Waals surface area contributed by atoms with Gasteiger partial charge in [0.15, 0.2) is 0 Å². The van der Waals surface area contributed by atoms with Crippen molar-refractivity contribution in [3.63, 3.8) is 0 Å². The maximum absolute atomic E-state index is 5.99. The molecule has 0 aromatic carbocycles. The second-order valence-electron chi connectivity index (χ2n) is 4.03. The van der Waals surface area contributed by atoms with Crippen LogP contribution in [0.25, 0.3) is 0 Å². The molecule has 0 unspecified atom stereocenters. The number of hydrogen-bond acceptors (Lipinski definition) is 1. The zero-order chi connectivity index (χ0) is 8.60. The largest absolute Gasteiger partial charge is 0.362 e. The molecule has 0 bridgehead atoms. The van der Waals surface area contributed by atoms with Crippen LogP contribution in [0.5, 0.6) is 0 Å². The van der Waals surface area contributed by atoms with Gasteiger partial charge in [0.25, 0.3) is 0 Å². The number of aryl methyl sites for hydroxylation is 2. The van der Waals surface area contributed by atoms with E-state index in [1.54, 1.807) is 0 Å². The summed E-state index contributed by atoms with van der Waals surface area (Å²) in [6.07, 6.45) is 4.66. The molecule has 1 aromatic heterocycles. The third kappa shape index (κ3) is 1.69. The quantitative estimate of drug-likeness (QED) is 0.702. The van der Waals surface area contributed by atoms with Crippen LogP contribution < -0.4 is 5.73 Å². The predicted molar refractivity (Wildman–Crippen MR) is 50.0 cm³/mol. The number of aromatic amines is 1. The van der Waals surface area contributed by atoms with Gasteiger partial charge in [-0.1, -0.05) is 0 Å². The molecule has 1 fully saturated rings. The SMILES string of the molecule is Cc1ccc(CCC2(N)CC2)[nH]1. The van der Waals surface area contributed by atoms with Crippen LogP contribution in [0.2, 0.25) is 0 Å². The minimum atomic E-state index is 0.193. The lowest BCUT2D eigenvalue weighted by atomic mass is 10.1. The molecular weight excluding hydrogens is 148 g/mol. The molecule has 0 atom stereocenters. The van der Waals surface area contributed by atoms with Crippen LogP contribution in [0.15, 0.2) is 12.1 Å². The Balaban J connectivity index is 1.87. The van der Waals surface area contributed by atoms with Crippen molar-refractivity contribution in [2.75, 3.05) is 0 Å². The summed E-state index contributed by atoms with van der Waals surface area (Å²) in [6, 6.07) is 4.27. The first-order valence-corrected chi connectivity index (χ1v) is 4.61. The molecule has 0 amide bonds. The lowest BCUT2D eigenvalue weighted by Gasteiger charge is -2.05. The molecule has 0 spiro atoms. The van der Waals surface area contributed by atoms with Gasteiger partial charge in [-0.2, -0.15) is 0 Å². The van der Waals surface area contributed by atoms with Gasteiger partial charge in [-0.25, -0.2) is 0 Å². The summed E-state index contributed by atoms with van der Waals surface area (Å²) in [4.78, 5) is 3.32. The summed E-state index contributed by atoms with van der Waals surface area (Å²) in [7, 11) is 0. The summed E-state index contributed by atoms with van der Waals surface area (Å²) in [6.45, 7) is 2.08. The zero-order valence-electron chi connectivity index (χ0n) is 7.56. The molecule has 66 valence electrons. The van der Waals surface area contributed by atoms with E-state index in [9.17, 15) is 0 Å². The zero-order valence-corrected chi connectivity index (χ0v) is 7.56. The Morgan fingerprint density at radius 2 is 2.25 bits per heavy atom. The molecule has 12 heavy (non-hydrogen) atoms. The van der Waals surface area contributed by atoms with Crippen molar-refractivity contribution < 1.29 is 0 Å². The first-order chi connectivity index (χ1) is 5.68. The predicted octanol–water partition coefficient (Wildman–Crippen LogP) is 1.75. The highest BCUT2D eigenvalue weighted by molar-refractivity contribution is 5.13. The topological polar surface area (TPSA) is 41.8 Å². The molecule has 1 aliphatic carbocycles. The Kier molecular flexibility index (Phi) is 1.72. The van der Waals surface area contributed by atoms with Crippen LogP contribution in [0.1, 0.15) is 30.7 Å². The Bertz CT molecular complexity index is 271. The second kappa shape index (κ2) is 2.63. The van der Waals surface area contributed by atoms with E-state index in [-0.39, 0.29) is 5.54 Å². The number of H-pyrrole nitrogens is 1. The van der Waals surface area contributed by atoms with E-state index in [2.05, 4.69) is 24.0 Å². The average molecular weight is 164 g/mol. The van der Waals surface area contributed by atoms with Crippen molar-refractivity contribution in [3.8, 4) is 0 Å². The third-order valence-corrected chi connectivity index (χ3v) is 2.68. The number of nitrogens with one attached hydrogen (secondary N) is 1. The summed E-state index contributed by atoms with van der Waals surface area (Å²) in [5.41, 5.74) is 8.75. The molecule has 3 N–H and O–H groups in total.